The van der Waals surface area contributed by atoms with Crippen molar-refractivity contribution in [2.75, 3.05) is 11.4 Å². The third kappa shape index (κ3) is 2.35. The predicted molar refractivity (Wildman–Crippen MR) is 81.6 cm³/mol. The van der Waals surface area contributed by atoms with E-state index in [0.29, 0.717) is 0 Å². The van der Waals surface area contributed by atoms with E-state index in [1.165, 1.54) is 24.1 Å². The Kier molecular flexibility index (Phi) is 3.48. The first kappa shape index (κ1) is 12.6. The van der Waals surface area contributed by atoms with Gasteiger partial charge in [0.1, 0.15) is 5.00 Å². The summed E-state index contributed by atoms with van der Waals surface area (Å²) in [6.07, 6.45) is 3.38. The Labute approximate surface area is 119 Å². The van der Waals surface area contributed by atoms with Crippen LogP contribution < -0.4 is 4.90 Å². The van der Waals surface area contributed by atoms with Gasteiger partial charge in [-0.15, -0.1) is 0 Å². The van der Waals surface area contributed by atoms with Gasteiger partial charge >= 0.3 is 0 Å². The maximum Gasteiger partial charge on any atom is 0.140 e. The van der Waals surface area contributed by atoms with Gasteiger partial charge in [0.2, 0.25) is 0 Å². The Morgan fingerprint density at radius 2 is 1.47 bits per heavy atom. The summed E-state index contributed by atoms with van der Waals surface area (Å²) in [7, 11) is 0. The highest BCUT2D eigenvalue weighted by Crippen LogP contribution is 2.43. The molecule has 2 aromatic carbocycles. The van der Waals surface area contributed by atoms with Crippen molar-refractivity contribution in [3.63, 3.8) is 0 Å². The summed E-state index contributed by atoms with van der Waals surface area (Å²) < 4.78 is 0. The molecule has 3 rings (SSSR count). The Bertz CT molecular complexity index is 525. The molecule has 1 unspecified atom stereocenters. The number of alkyl halides is 1. The van der Waals surface area contributed by atoms with Gasteiger partial charge in [-0.1, -0.05) is 60.1 Å². The third-order valence-corrected chi connectivity index (χ3v) is 4.46. The van der Waals surface area contributed by atoms with Crippen molar-refractivity contribution in [2.24, 2.45) is 0 Å². The molecule has 1 saturated heterocycles. The number of benzene rings is 2. The SMILES string of the molecule is ClC1(c2ccccc2)CCCCN1c1ccccc1. The van der Waals surface area contributed by atoms with Crippen LogP contribution in [-0.4, -0.2) is 6.54 Å². The lowest BCUT2D eigenvalue weighted by atomic mass is 9.94. The van der Waals surface area contributed by atoms with Gasteiger partial charge in [-0.2, -0.15) is 0 Å². The molecular formula is C17H18ClN. The van der Waals surface area contributed by atoms with Gasteiger partial charge in [0, 0.05) is 12.2 Å². The minimum Gasteiger partial charge on any atom is -0.349 e. The van der Waals surface area contributed by atoms with Crippen LogP contribution in [-0.2, 0) is 5.00 Å². The van der Waals surface area contributed by atoms with Gasteiger partial charge in [0.15, 0.2) is 0 Å². The largest absolute Gasteiger partial charge is 0.349 e. The van der Waals surface area contributed by atoms with Crippen LogP contribution >= 0.6 is 11.6 Å². The van der Waals surface area contributed by atoms with Crippen LogP contribution in [0.5, 0.6) is 0 Å². The fourth-order valence-electron chi connectivity index (χ4n) is 2.88. The van der Waals surface area contributed by atoms with E-state index < -0.39 is 5.00 Å². The molecule has 1 fully saturated rings. The number of para-hydroxylation sites is 1. The molecule has 0 saturated carbocycles. The standard InChI is InChI=1S/C17H18ClN/c18-17(15-9-3-1-4-10-15)13-7-8-14-19(17)16-11-5-2-6-12-16/h1-6,9-12H,7-8,13-14H2. The number of piperidine rings is 1. The smallest absolute Gasteiger partial charge is 0.140 e. The van der Waals surface area contributed by atoms with E-state index in [9.17, 15) is 0 Å². The molecule has 19 heavy (non-hydrogen) atoms. The van der Waals surface area contributed by atoms with Crippen molar-refractivity contribution in [1.82, 2.24) is 0 Å². The molecule has 0 N–H and O–H groups in total. The molecule has 1 nitrogen and oxygen atoms in total. The number of hydrogen-bond donors (Lipinski definition) is 0. The lowest BCUT2D eigenvalue weighted by Crippen LogP contribution is -2.45. The Morgan fingerprint density at radius 3 is 2.16 bits per heavy atom. The monoisotopic (exact) mass is 271 g/mol. The zero-order valence-electron chi connectivity index (χ0n) is 10.9. The molecule has 0 bridgehead atoms. The fraction of sp³-hybridized carbons (Fsp3) is 0.294. The van der Waals surface area contributed by atoms with Crippen molar-refractivity contribution in [1.29, 1.82) is 0 Å². The first-order chi connectivity index (χ1) is 9.31. The van der Waals surface area contributed by atoms with Gasteiger partial charge in [0.05, 0.1) is 0 Å². The van der Waals surface area contributed by atoms with Crippen LogP contribution in [0.4, 0.5) is 5.69 Å². The molecule has 1 heterocycles. The summed E-state index contributed by atoms with van der Waals surface area (Å²) in [5.41, 5.74) is 2.40. The van der Waals surface area contributed by atoms with Gasteiger partial charge in [0.25, 0.3) is 0 Å². The van der Waals surface area contributed by atoms with Crippen molar-refractivity contribution in [3.05, 3.63) is 66.2 Å². The summed E-state index contributed by atoms with van der Waals surface area (Å²) in [6, 6.07) is 20.9. The molecular weight excluding hydrogens is 254 g/mol. The molecule has 0 spiro atoms. The van der Waals surface area contributed by atoms with E-state index in [4.69, 9.17) is 11.6 Å². The van der Waals surface area contributed by atoms with E-state index in [-0.39, 0.29) is 0 Å². The van der Waals surface area contributed by atoms with Crippen LogP contribution in [0.2, 0.25) is 0 Å². The average Bonchev–Trinajstić information content (AvgIpc) is 2.49. The molecule has 1 aliphatic rings. The minimum absolute atomic E-state index is 0.402. The number of nitrogens with zero attached hydrogens (tertiary/aromatic N) is 1. The lowest BCUT2D eigenvalue weighted by Gasteiger charge is -2.44. The molecule has 2 aromatic rings. The first-order valence-corrected chi connectivity index (χ1v) is 7.26. The van der Waals surface area contributed by atoms with Gasteiger partial charge in [-0.05, 0) is 37.0 Å². The van der Waals surface area contributed by atoms with E-state index in [1.54, 1.807) is 0 Å². The average molecular weight is 272 g/mol. The number of anilines is 1. The second-order valence-corrected chi connectivity index (χ2v) is 5.69. The summed E-state index contributed by atoms with van der Waals surface area (Å²) >= 11 is 7.03. The van der Waals surface area contributed by atoms with E-state index in [0.717, 1.165) is 13.0 Å². The predicted octanol–water partition coefficient (Wildman–Crippen LogP) is 4.77. The van der Waals surface area contributed by atoms with Crippen molar-refractivity contribution < 1.29 is 0 Å². The van der Waals surface area contributed by atoms with Crippen LogP contribution in [0.25, 0.3) is 0 Å². The van der Waals surface area contributed by atoms with Crippen LogP contribution in [0.1, 0.15) is 24.8 Å². The summed E-state index contributed by atoms with van der Waals surface area (Å²) in [5, 5.41) is 0. The Balaban J connectivity index is 2.02. The Hall–Kier alpha value is -1.47. The van der Waals surface area contributed by atoms with Crippen molar-refractivity contribution in [3.8, 4) is 0 Å². The highest BCUT2D eigenvalue weighted by Gasteiger charge is 2.38. The molecule has 0 radical (unpaired) electrons. The normalized spacial score (nSPS) is 23.3. The van der Waals surface area contributed by atoms with Gasteiger partial charge in [-0.25, -0.2) is 0 Å². The zero-order chi connectivity index (χ0) is 13.1. The van der Waals surface area contributed by atoms with Crippen molar-refractivity contribution in [2.45, 2.75) is 24.3 Å². The number of halogens is 1. The highest BCUT2D eigenvalue weighted by molar-refractivity contribution is 6.25. The number of rotatable bonds is 2. The molecule has 1 atom stereocenters. The summed E-state index contributed by atoms with van der Waals surface area (Å²) in [4.78, 5) is 1.94. The minimum atomic E-state index is -0.402. The highest BCUT2D eigenvalue weighted by atomic mass is 35.5. The molecule has 0 amide bonds. The fourth-order valence-corrected chi connectivity index (χ4v) is 3.32. The van der Waals surface area contributed by atoms with Crippen LogP contribution in [0.3, 0.4) is 0 Å². The maximum atomic E-state index is 7.03. The first-order valence-electron chi connectivity index (χ1n) is 6.88. The maximum absolute atomic E-state index is 7.03. The van der Waals surface area contributed by atoms with E-state index in [1.807, 2.05) is 12.1 Å². The molecule has 0 aromatic heterocycles. The lowest BCUT2D eigenvalue weighted by molar-refractivity contribution is 0.426. The van der Waals surface area contributed by atoms with E-state index >= 15 is 0 Å². The second kappa shape index (κ2) is 5.26. The summed E-state index contributed by atoms with van der Waals surface area (Å²) in [6.45, 7) is 1.02. The van der Waals surface area contributed by atoms with Crippen LogP contribution in [0.15, 0.2) is 60.7 Å². The summed E-state index contributed by atoms with van der Waals surface area (Å²) in [5.74, 6) is 0. The molecule has 98 valence electrons. The van der Waals surface area contributed by atoms with Gasteiger partial charge < -0.3 is 4.90 Å². The Morgan fingerprint density at radius 1 is 0.842 bits per heavy atom. The zero-order valence-corrected chi connectivity index (χ0v) is 11.7. The topological polar surface area (TPSA) is 3.24 Å². The third-order valence-electron chi connectivity index (χ3n) is 3.85. The van der Waals surface area contributed by atoms with Crippen LogP contribution in [0, 0.1) is 0 Å². The quantitative estimate of drug-likeness (QED) is 0.562. The van der Waals surface area contributed by atoms with Gasteiger partial charge in [-0.3, -0.25) is 0 Å². The molecule has 0 aliphatic carbocycles. The molecule has 1 aliphatic heterocycles. The molecule has 2 heteroatoms. The van der Waals surface area contributed by atoms with E-state index in [2.05, 4.69) is 53.4 Å². The number of hydrogen-bond acceptors (Lipinski definition) is 1. The second-order valence-electron chi connectivity index (χ2n) is 5.07. The van der Waals surface area contributed by atoms with Crippen molar-refractivity contribution >= 4 is 17.3 Å².